The Morgan fingerprint density at radius 1 is 1.50 bits per heavy atom. The normalized spacial score (nSPS) is 9.44. The van der Waals surface area contributed by atoms with E-state index in [4.69, 9.17) is 5.26 Å². The molecule has 2 N–H and O–H groups in total. The van der Waals surface area contributed by atoms with E-state index < -0.39 is 0 Å². The van der Waals surface area contributed by atoms with Crippen LogP contribution in [0.15, 0.2) is 24.4 Å². The van der Waals surface area contributed by atoms with Gasteiger partial charge in [0.25, 0.3) is 0 Å². The Balaban J connectivity index is 2.12. The second-order valence-electron chi connectivity index (χ2n) is 3.18. The van der Waals surface area contributed by atoms with Crippen LogP contribution in [0.4, 0.5) is 0 Å². The quantitative estimate of drug-likeness (QED) is 0.669. The van der Waals surface area contributed by atoms with Crippen LogP contribution in [0.25, 0.3) is 0 Å². The minimum Gasteiger partial charge on any atom is -0.354 e. The van der Waals surface area contributed by atoms with E-state index in [0.717, 1.165) is 5.69 Å². The summed E-state index contributed by atoms with van der Waals surface area (Å²) < 4.78 is 0. The summed E-state index contributed by atoms with van der Waals surface area (Å²) in [7, 11) is 0. The number of carbonyl (C=O) groups excluding carboxylic acids is 1. The maximum Gasteiger partial charge on any atom is 0.234 e. The van der Waals surface area contributed by atoms with Gasteiger partial charge in [-0.05, 0) is 12.1 Å². The monoisotopic (exact) mass is 218 g/mol. The molecule has 0 atom stereocenters. The van der Waals surface area contributed by atoms with Crippen LogP contribution < -0.4 is 10.6 Å². The highest BCUT2D eigenvalue weighted by molar-refractivity contribution is 5.77. The molecule has 0 spiro atoms. The van der Waals surface area contributed by atoms with Gasteiger partial charge in [0, 0.05) is 19.3 Å². The molecule has 0 bridgehead atoms. The van der Waals surface area contributed by atoms with Crippen LogP contribution in [-0.2, 0) is 11.3 Å². The highest BCUT2D eigenvalue weighted by Crippen LogP contribution is 1.91. The Hall–Kier alpha value is -1.93. The summed E-state index contributed by atoms with van der Waals surface area (Å²) in [5.41, 5.74) is 0.896. The molecule has 0 saturated carbocycles. The van der Waals surface area contributed by atoms with Crippen molar-refractivity contribution in [1.82, 2.24) is 15.6 Å². The minimum atomic E-state index is -0.105. The molecule has 5 heteroatoms. The zero-order chi connectivity index (χ0) is 11.6. The van der Waals surface area contributed by atoms with Crippen molar-refractivity contribution in [1.29, 1.82) is 5.26 Å². The van der Waals surface area contributed by atoms with Gasteiger partial charge in [0.2, 0.25) is 5.91 Å². The predicted octanol–water partition coefficient (Wildman–Crippen LogP) is 0.201. The molecule has 1 rings (SSSR count). The van der Waals surface area contributed by atoms with Crippen molar-refractivity contribution in [3.05, 3.63) is 30.1 Å². The number of carbonyl (C=O) groups is 1. The predicted molar refractivity (Wildman–Crippen MR) is 59.2 cm³/mol. The van der Waals surface area contributed by atoms with Gasteiger partial charge in [-0.3, -0.25) is 9.78 Å². The Bertz CT molecular complexity index is 358. The van der Waals surface area contributed by atoms with Gasteiger partial charge >= 0.3 is 0 Å². The fourth-order valence-electron chi connectivity index (χ4n) is 1.13. The molecule has 0 fully saturated rings. The maximum atomic E-state index is 11.2. The van der Waals surface area contributed by atoms with E-state index in [1.807, 2.05) is 24.3 Å². The zero-order valence-corrected chi connectivity index (χ0v) is 8.94. The van der Waals surface area contributed by atoms with Crippen molar-refractivity contribution in [2.45, 2.75) is 13.0 Å². The number of hydrogen-bond acceptors (Lipinski definition) is 4. The number of nitrogens with zero attached hydrogens (tertiary/aromatic N) is 2. The van der Waals surface area contributed by atoms with Crippen molar-refractivity contribution in [3.8, 4) is 6.07 Å². The molecule has 0 aliphatic rings. The topological polar surface area (TPSA) is 77.8 Å². The zero-order valence-electron chi connectivity index (χ0n) is 8.94. The fraction of sp³-hybridized carbons (Fsp3) is 0.364. The average molecular weight is 218 g/mol. The van der Waals surface area contributed by atoms with Crippen molar-refractivity contribution in [2.24, 2.45) is 0 Å². The van der Waals surface area contributed by atoms with Gasteiger partial charge in [-0.2, -0.15) is 5.26 Å². The number of hydrogen-bond donors (Lipinski definition) is 2. The Morgan fingerprint density at radius 3 is 3.06 bits per heavy atom. The first-order valence-corrected chi connectivity index (χ1v) is 5.07. The second kappa shape index (κ2) is 7.37. The van der Waals surface area contributed by atoms with Gasteiger partial charge in [-0.25, -0.2) is 0 Å². The molecule has 0 saturated heterocycles. The molecule has 1 aromatic rings. The third kappa shape index (κ3) is 5.08. The maximum absolute atomic E-state index is 11.2. The van der Waals surface area contributed by atoms with Crippen LogP contribution in [0, 0.1) is 11.3 Å². The third-order valence-corrected chi connectivity index (χ3v) is 1.88. The molecule has 0 aliphatic heterocycles. The summed E-state index contributed by atoms with van der Waals surface area (Å²) in [4.78, 5) is 15.3. The first-order chi connectivity index (χ1) is 7.83. The number of nitriles is 1. The number of aromatic nitrogens is 1. The summed E-state index contributed by atoms with van der Waals surface area (Å²) in [6, 6.07) is 7.59. The van der Waals surface area contributed by atoms with E-state index in [-0.39, 0.29) is 12.5 Å². The highest BCUT2D eigenvalue weighted by atomic mass is 16.1. The van der Waals surface area contributed by atoms with Crippen LogP contribution in [0.2, 0.25) is 0 Å². The lowest BCUT2D eigenvalue weighted by Gasteiger charge is -2.04. The fourth-order valence-corrected chi connectivity index (χ4v) is 1.13. The van der Waals surface area contributed by atoms with Crippen LogP contribution in [0.1, 0.15) is 12.1 Å². The van der Waals surface area contributed by atoms with Gasteiger partial charge in [-0.1, -0.05) is 6.07 Å². The van der Waals surface area contributed by atoms with E-state index in [1.165, 1.54) is 0 Å². The Morgan fingerprint density at radius 2 is 2.38 bits per heavy atom. The summed E-state index contributed by atoms with van der Waals surface area (Å²) in [5.74, 6) is -0.105. The van der Waals surface area contributed by atoms with Crippen molar-refractivity contribution in [2.75, 3.05) is 13.1 Å². The van der Waals surface area contributed by atoms with E-state index in [1.54, 1.807) is 6.20 Å². The van der Waals surface area contributed by atoms with Gasteiger partial charge < -0.3 is 10.6 Å². The summed E-state index contributed by atoms with van der Waals surface area (Å²) in [5, 5.41) is 13.9. The number of amides is 1. The highest BCUT2D eigenvalue weighted by Gasteiger charge is 1.99. The largest absolute Gasteiger partial charge is 0.354 e. The molecule has 5 nitrogen and oxygen atoms in total. The Kier molecular flexibility index (Phi) is 5.59. The summed E-state index contributed by atoms with van der Waals surface area (Å²) in [6.07, 6.45) is 2.05. The molecule has 0 unspecified atom stereocenters. The van der Waals surface area contributed by atoms with Gasteiger partial charge in [0.15, 0.2) is 0 Å². The summed E-state index contributed by atoms with van der Waals surface area (Å²) in [6.45, 7) is 1.20. The SMILES string of the molecule is N#CCCNC(=O)CNCc1ccccn1. The van der Waals surface area contributed by atoms with Crippen LogP contribution in [0.5, 0.6) is 0 Å². The number of pyridine rings is 1. The van der Waals surface area contributed by atoms with Crippen LogP contribution in [0.3, 0.4) is 0 Å². The van der Waals surface area contributed by atoms with E-state index in [2.05, 4.69) is 15.6 Å². The van der Waals surface area contributed by atoms with Gasteiger partial charge in [0.1, 0.15) is 0 Å². The van der Waals surface area contributed by atoms with E-state index in [9.17, 15) is 4.79 Å². The lowest BCUT2D eigenvalue weighted by atomic mass is 10.3. The molecule has 1 amide bonds. The lowest BCUT2D eigenvalue weighted by molar-refractivity contribution is -0.120. The first kappa shape index (κ1) is 12.1. The van der Waals surface area contributed by atoms with E-state index in [0.29, 0.717) is 19.5 Å². The van der Waals surface area contributed by atoms with Crippen LogP contribution >= 0.6 is 0 Å². The number of nitrogens with one attached hydrogen (secondary N) is 2. The van der Waals surface area contributed by atoms with Crippen molar-refractivity contribution < 1.29 is 4.79 Å². The number of rotatable bonds is 6. The molecule has 1 aromatic heterocycles. The van der Waals surface area contributed by atoms with Gasteiger partial charge in [0.05, 0.1) is 24.7 Å². The molecule has 1 heterocycles. The molecule has 0 radical (unpaired) electrons. The Labute approximate surface area is 94.5 Å². The molecule has 16 heavy (non-hydrogen) atoms. The molecule has 0 aliphatic carbocycles. The second-order valence-corrected chi connectivity index (χ2v) is 3.18. The minimum absolute atomic E-state index is 0.105. The molecular weight excluding hydrogens is 204 g/mol. The van der Waals surface area contributed by atoms with E-state index >= 15 is 0 Å². The molecule has 84 valence electrons. The van der Waals surface area contributed by atoms with Crippen molar-refractivity contribution >= 4 is 5.91 Å². The summed E-state index contributed by atoms with van der Waals surface area (Å²) >= 11 is 0. The average Bonchev–Trinajstić information content (AvgIpc) is 2.31. The van der Waals surface area contributed by atoms with Gasteiger partial charge in [-0.15, -0.1) is 0 Å². The van der Waals surface area contributed by atoms with Crippen molar-refractivity contribution in [3.63, 3.8) is 0 Å². The first-order valence-electron chi connectivity index (χ1n) is 5.07. The molecule has 0 aromatic carbocycles. The lowest BCUT2D eigenvalue weighted by Crippen LogP contribution is -2.34. The van der Waals surface area contributed by atoms with Crippen LogP contribution in [-0.4, -0.2) is 24.0 Å². The third-order valence-electron chi connectivity index (χ3n) is 1.88. The molecular formula is C11H14N4O. The smallest absolute Gasteiger partial charge is 0.234 e. The standard InChI is InChI=1S/C11H14N4O/c12-5-3-7-15-11(16)9-13-8-10-4-1-2-6-14-10/h1-2,4,6,13H,3,7-9H2,(H,15,16).